The van der Waals surface area contributed by atoms with Crippen molar-refractivity contribution in [1.82, 2.24) is 0 Å². The molecular formula is C16H21N2O3+. The van der Waals surface area contributed by atoms with Crippen LogP contribution in [0.1, 0.15) is 25.7 Å². The van der Waals surface area contributed by atoms with E-state index in [1.54, 1.807) is 19.2 Å². The first kappa shape index (κ1) is 14.1. The summed E-state index contributed by atoms with van der Waals surface area (Å²) in [5.74, 6) is 0.363. The maximum absolute atomic E-state index is 12.7. The Kier molecular flexibility index (Phi) is 3.92. The minimum Gasteiger partial charge on any atom is -0.495 e. The van der Waals surface area contributed by atoms with Gasteiger partial charge in [0.15, 0.2) is 6.04 Å². The number of carbonyl (C=O) groups excluding carboxylic acids is 2. The normalized spacial score (nSPS) is 23.7. The Morgan fingerprint density at radius 1 is 1.14 bits per heavy atom. The number of imide groups is 1. The molecule has 1 aromatic rings. The molecular weight excluding hydrogens is 268 g/mol. The first-order valence-corrected chi connectivity index (χ1v) is 7.57. The minimum atomic E-state index is -0.220. The fourth-order valence-electron chi connectivity index (χ4n) is 3.37. The van der Waals surface area contributed by atoms with Gasteiger partial charge >= 0.3 is 0 Å². The molecule has 2 heterocycles. The number of benzene rings is 1. The zero-order valence-electron chi connectivity index (χ0n) is 12.3. The molecule has 1 aromatic carbocycles. The highest BCUT2D eigenvalue weighted by atomic mass is 16.5. The van der Waals surface area contributed by atoms with E-state index in [9.17, 15) is 9.59 Å². The number of likely N-dealkylation sites (tertiary alicyclic amines) is 1. The number of nitrogens with zero attached hydrogens (tertiary/aromatic N) is 1. The van der Waals surface area contributed by atoms with E-state index >= 15 is 0 Å². The lowest BCUT2D eigenvalue weighted by molar-refractivity contribution is -0.919. The van der Waals surface area contributed by atoms with Gasteiger partial charge in [0, 0.05) is 0 Å². The molecule has 5 nitrogen and oxygen atoms in total. The number of hydrogen-bond acceptors (Lipinski definition) is 3. The van der Waals surface area contributed by atoms with Crippen molar-refractivity contribution in [2.24, 2.45) is 0 Å². The summed E-state index contributed by atoms with van der Waals surface area (Å²) in [4.78, 5) is 27.6. The number of ether oxygens (including phenoxy) is 1. The summed E-state index contributed by atoms with van der Waals surface area (Å²) in [6, 6.07) is 6.97. The van der Waals surface area contributed by atoms with E-state index in [0.29, 0.717) is 17.9 Å². The summed E-state index contributed by atoms with van der Waals surface area (Å²) >= 11 is 0. The lowest BCUT2D eigenvalue weighted by Crippen LogP contribution is -3.17. The predicted molar refractivity (Wildman–Crippen MR) is 78.4 cm³/mol. The van der Waals surface area contributed by atoms with E-state index < -0.39 is 0 Å². The molecule has 0 unspecified atom stereocenters. The van der Waals surface area contributed by atoms with Crippen LogP contribution in [0.2, 0.25) is 0 Å². The van der Waals surface area contributed by atoms with E-state index in [0.717, 1.165) is 25.9 Å². The number of carbonyl (C=O) groups is 2. The van der Waals surface area contributed by atoms with Crippen LogP contribution in [0, 0.1) is 0 Å². The lowest BCUT2D eigenvalue weighted by Gasteiger charge is -2.27. The first-order valence-electron chi connectivity index (χ1n) is 7.57. The summed E-state index contributed by atoms with van der Waals surface area (Å²) in [6.07, 6.45) is 3.82. The second-order valence-electron chi connectivity index (χ2n) is 5.71. The minimum absolute atomic E-state index is 0.0820. The fraction of sp³-hybridized carbons (Fsp3) is 0.500. The summed E-state index contributed by atoms with van der Waals surface area (Å²) in [5.41, 5.74) is 0.564. The van der Waals surface area contributed by atoms with Crippen LogP contribution in [0.15, 0.2) is 24.3 Å². The monoisotopic (exact) mass is 289 g/mol. The molecule has 0 saturated carbocycles. The second-order valence-corrected chi connectivity index (χ2v) is 5.71. The van der Waals surface area contributed by atoms with Crippen molar-refractivity contribution in [2.45, 2.75) is 31.7 Å². The van der Waals surface area contributed by atoms with Crippen LogP contribution in [-0.4, -0.2) is 38.1 Å². The van der Waals surface area contributed by atoms with Gasteiger partial charge in [0.1, 0.15) is 5.75 Å². The average Bonchev–Trinajstić information content (AvgIpc) is 2.83. The molecule has 0 bridgehead atoms. The molecule has 0 aliphatic carbocycles. The lowest BCUT2D eigenvalue weighted by atomic mass is 10.1. The van der Waals surface area contributed by atoms with Crippen molar-refractivity contribution in [2.75, 3.05) is 25.1 Å². The van der Waals surface area contributed by atoms with E-state index in [4.69, 9.17) is 4.74 Å². The number of para-hydroxylation sites is 2. The maximum Gasteiger partial charge on any atom is 0.292 e. The van der Waals surface area contributed by atoms with Crippen LogP contribution >= 0.6 is 0 Å². The molecule has 21 heavy (non-hydrogen) atoms. The Morgan fingerprint density at radius 2 is 1.86 bits per heavy atom. The fourth-order valence-corrected chi connectivity index (χ4v) is 3.37. The molecule has 2 saturated heterocycles. The van der Waals surface area contributed by atoms with Gasteiger partial charge in [-0.1, -0.05) is 12.1 Å². The molecule has 1 N–H and O–H groups in total. The van der Waals surface area contributed by atoms with E-state index in [1.807, 2.05) is 12.1 Å². The smallest absolute Gasteiger partial charge is 0.292 e. The van der Waals surface area contributed by atoms with Gasteiger partial charge in [-0.15, -0.1) is 0 Å². The standard InChI is InChI=1S/C16H20N2O3/c1-21-14-8-4-3-7-12(14)18-15(19)11-13(16(18)20)17-9-5-2-6-10-17/h3-4,7-8,13H,2,5-6,9-11H2,1H3/p+1/t13-/m1/s1. The third-order valence-corrected chi connectivity index (χ3v) is 4.46. The predicted octanol–water partition coefficient (Wildman–Crippen LogP) is 0.396. The van der Waals surface area contributed by atoms with Gasteiger partial charge in [0.25, 0.3) is 5.91 Å². The zero-order valence-corrected chi connectivity index (χ0v) is 12.3. The first-order chi connectivity index (χ1) is 10.2. The van der Waals surface area contributed by atoms with Crippen LogP contribution in [-0.2, 0) is 9.59 Å². The van der Waals surface area contributed by atoms with Crippen molar-refractivity contribution in [3.05, 3.63) is 24.3 Å². The molecule has 2 aliphatic heterocycles. The molecule has 2 amide bonds. The second kappa shape index (κ2) is 5.85. The average molecular weight is 289 g/mol. The Labute approximate surface area is 124 Å². The van der Waals surface area contributed by atoms with Crippen LogP contribution in [0.5, 0.6) is 5.75 Å². The zero-order chi connectivity index (χ0) is 14.8. The molecule has 2 aliphatic rings. The van der Waals surface area contributed by atoms with Crippen LogP contribution in [0.25, 0.3) is 0 Å². The Balaban J connectivity index is 1.86. The summed E-state index contributed by atoms with van der Waals surface area (Å²) in [6.45, 7) is 1.98. The van der Waals surface area contributed by atoms with Gasteiger partial charge in [-0.25, -0.2) is 4.90 Å². The summed E-state index contributed by atoms with van der Waals surface area (Å²) in [7, 11) is 1.55. The van der Waals surface area contributed by atoms with Gasteiger partial charge in [-0.2, -0.15) is 0 Å². The number of hydrogen-bond donors (Lipinski definition) is 1. The Hall–Kier alpha value is -1.88. The van der Waals surface area contributed by atoms with E-state index in [-0.39, 0.29) is 17.9 Å². The molecule has 1 atom stereocenters. The number of rotatable bonds is 3. The van der Waals surface area contributed by atoms with Crippen molar-refractivity contribution < 1.29 is 19.2 Å². The van der Waals surface area contributed by atoms with Gasteiger partial charge in [0.05, 0.1) is 32.3 Å². The van der Waals surface area contributed by atoms with E-state index in [1.165, 1.54) is 16.2 Å². The molecule has 112 valence electrons. The topological polar surface area (TPSA) is 51.0 Å². The maximum atomic E-state index is 12.7. The largest absolute Gasteiger partial charge is 0.495 e. The summed E-state index contributed by atoms with van der Waals surface area (Å²) in [5, 5.41) is 0. The highest BCUT2D eigenvalue weighted by Crippen LogP contribution is 2.31. The molecule has 3 rings (SSSR count). The third kappa shape index (κ3) is 2.53. The Morgan fingerprint density at radius 3 is 2.57 bits per heavy atom. The number of amides is 2. The Bertz CT molecular complexity index is 552. The quantitative estimate of drug-likeness (QED) is 0.819. The van der Waals surface area contributed by atoms with Crippen LogP contribution in [0.4, 0.5) is 5.69 Å². The van der Waals surface area contributed by atoms with Crippen molar-refractivity contribution in [3.63, 3.8) is 0 Å². The van der Waals surface area contributed by atoms with Crippen molar-refractivity contribution >= 4 is 17.5 Å². The van der Waals surface area contributed by atoms with Gasteiger partial charge in [0.2, 0.25) is 5.91 Å². The molecule has 5 heteroatoms. The molecule has 0 aromatic heterocycles. The van der Waals surface area contributed by atoms with Crippen molar-refractivity contribution in [1.29, 1.82) is 0 Å². The number of quaternary nitrogens is 1. The number of nitrogens with one attached hydrogen (secondary N) is 1. The molecule has 0 spiro atoms. The van der Waals surface area contributed by atoms with Crippen LogP contribution < -0.4 is 14.5 Å². The van der Waals surface area contributed by atoms with Gasteiger partial charge in [-0.05, 0) is 31.4 Å². The summed E-state index contributed by atoms with van der Waals surface area (Å²) < 4.78 is 5.28. The van der Waals surface area contributed by atoms with Crippen LogP contribution in [0.3, 0.4) is 0 Å². The molecule has 2 fully saturated rings. The number of piperidine rings is 1. The van der Waals surface area contributed by atoms with E-state index in [2.05, 4.69) is 0 Å². The SMILES string of the molecule is COc1ccccc1N1C(=O)C[C@@H]([NH+]2CCCCC2)C1=O. The third-order valence-electron chi connectivity index (χ3n) is 4.46. The number of anilines is 1. The molecule has 0 radical (unpaired) electrons. The highest BCUT2D eigenvalue weighted by molar-refractivity contribution is 6.22. The van der Waals surface area contributed by atoms with Gasteiger partial charge in [-0.3, -0.25) is 9.59 Å². The number of methoxy groups -OCH3 is 1. The van der Waals surface area contributed by atoms with Gasteiger partial charge < -0.3 is 9.64 Å². The van der Waals surface area contributed by atoms with Crippen molar-refractivity contribution in [3.8, 4) is 5.75 Å². The highest BCUT2D eigenvalue weighted by Gasteiger charge is 2.46.